The maximum atomic E-state index is 12.7. The maximum Gasteiger partial charge on any atom is 0.401 e. The fourth-order valence-electron chi connectivity index (χ4n) is 5.31. The van der Waals surface area contributed by atoms with E-state index >= 15 is 0 Å². The molecule has 11 heteroatoms. The second-order valence-electron chi connectivity index (χ2n) is 10.0. The van der Waals surface area contributed by atoms with Crippen LogP contribution in [0.4, 0.5) is 24.5 Å². The quantitative estimate of drug-likeness (QED) is 0.306. The third kappa shape index (κ3) is 6.26. The molecule has 4 heterocycles. The van der Waals surface area contributed by atoms with Crippen LogP contribution in [0.1, 0.15) is 12.8 Å². The van der Waals surface area contributed by atoms with Crippen molar-refractivity contribution in [3.05, 3.63) is 58.9 Å². The average Bonchev–Trinajstić information content (AvgIpc) is 2.92. The molecule has 2 aromatic carbocycles. The van der Waals surface area contributed by atoms with Gasteiger partial charge in [-0.25, -0.2) is 0 Å². The zero-order valence-electron chi connectivity index (χ0n) is 21.2. The van der Waals surface area contributed by atoms with Gasteiger partial charge in [-0.1, -0.05) is 35.7 Å². The van der Waals surface area contributed by atoms with Crippen LogP contribution in [0.3, 0.4) is 0 Å². The molecule has 6 rings (SSSR count). The monoisotopic (exact) mass is 574 g/mol. The van der Waals surface area contributed by atoms with Crippen molar-refractivity contribution in [2.24, 2.45) is 0 Å². The molecule has 2 N–H and O–H groups in total. The van der Waals surface area contributed by atoms with Crippen LogP contribution >= 0.6 is 23.5 Å². The highest BCUT2D eigenvalue weighted by atomic mass is 32.2. The average molecular weight is 575 g/mol. The lowest BCUT2D eigenvalue weighted by atomic mass is 10.0. The van der Waals surface area contributed by atoms with Crippen LogP contribution in [-0.2, 0) is 4.74 Å². The van der Waals surface area contributed by atoms with Crippen LogP contribution < -0.4 is 15.8 Å². The van der Waals surface area contributed by atoms with Crippen molar-refractivity contribution >= 4 is 34.9 Å². The van der Waals surface area contributed by atoms with Gasteiger partial charge in [0, 0.05) is 74.8 Å². The first-order valence-corrected chi connectivity index (χ1v) is 14.7. The number of H-pyrrole nitrogens is 1. The number of benzene rings is 2. The molecular weight excluding hydrogens is 545 g/mol. The second kappa shape index (κ2) is 11.1. The van der Waals surface area contributed by atoms with Gasteiger partial charge in [-0.3, -0.25) is 9.69 Å². The van der Waals surface area contributed by atoms with E-state index in [0.717, 1.165) is 55.3 Å². The van der Waals surface area contributed by atoms with Crippen LogP contribution in [0.5, 0.6) is 0 Å². The van der Waals surface area contributed by atoms with Crippen molar-refractivity contribution in [1.82, 2.24) is 9.88 Å². The molecule has 0 spiro atoms. The number of ether oxygens (including phenoxy) is 1. The van der Waals surface area contributed by atoms with Crippen LogP contribution in [0.15, 0.2) is 72.9 Å². The van der Waals surface area contributed by atoms with Gasteiger partial charge in [0.15, 0.2) is 0 Å². The molecule has 0 saturated carbocycles. The number of aromatic amines is 1. The predicted octanol–water partition coefficient (Wildman–Crippen LogP) is 5.93. The summed E-state index contributed by atoms with van der Waals surface area (Å²) in [7, 11) is 0. The minimum Gasteiger partial charge on any atom is -0.382 e. The minimum atomic E-state index is -4.15. The molecule has 2 saturated heterocycles. The Bertz CT molecular complexity index is 1400. The molecule has 2 fully saturated rings. The van der Waals surface area contributed by atoms with Crippen LogP contribution in [0, 0.1) is 0 Å². The smallest absolute Gasteiger partial charge is 0.382 e. The summed E-state index contributed by atoms with van der Waals surface area (Å²) in [5.74, 6) is 0. The molecule has 6 nitrogen and oxygen atoms in total. The fraction of sp³-hybridized carbons (Fsp3) is 0.393. The summed E-state index contributed by atoms with van der Waals surface area (Å²) in [6.45, 7) is 2.88. The number of nitrogens with zero attached hydrogens (tertiary/aromatic N) is 2. The van der Waals surface area contributed by atoms with Crippen molar-refractivity contribution in [2.45, 2.75) is 44.6 Å². The van der Waals surface area contributed by atoms with Gasteiger partial charge in [0.25, 0.3) is 0 Å². The van der Waals surface area contributed by atoms with Gasteiger partial charge >= 0.3 is 6.18 Å². The molecule has 0 aliphatic carbocycles. The normalized spacial score (nSPS) is 18.5. The predicted molar refractivity (Wildman–Crippen MR) is 149 cm³/mol. The van der Waals surface area contributed by atoms with Crippen molar-refractivity contribution in [3.8, 4) is 11.3 Å². The van der Waals surface area contributed by atoms with E-state index in [4.69, 9.17) is 4.74 Å². The largest absolute Gasteiger partial charge is 0.401 e. The SMILES string of the molecule is O=c1cc(N2CCOCC2)cc(-c2cccc3c2Sc2ccc(NC4CCN(CC(F)(F)F)CC4)cc2S3)[nH]1. The highest BCUT2D eigenvalue weighted by molar-refractivity contribution is 8.05. The minimum absolute atomic E-state index is 0.125. The summed E-state index contributed by atoms with van der Waals surface area (Å²) in [6, 6.07) is 16.3. The van der Waals surface area contributed by atoms with Crippen molar-refractivity contribution in [2.75, 3.05) is 56.2 Å². The first kappa shape index (κ1) is 26.6. The molecule has 3 aliphatic rings. The zero-order chi connectivity index (χ0) is 27.0. The lowest BCUT2D eigenvalue weighted by Gasteiger charge is -2.33. The topological polar surface area (TPSA) is 60.6 Å². The molecule has 3 aromatic rings. The molecule has 0 atom stereocenters. The number of rotatable bonds is 5. The third-order valence-corrected chi connectivity index (χ3v) is 9.81. The molecule has 206 valence electrons. The Labute approximate surface area is 233 Å². The molecule has 0 bridgehead atoms. The summed E-state index contributed by atoms with van der Waals surface area (Å²) < 4.78 is 43.6. The number of hydrogen-bond donors (Lipinski definition) is 2. The number of nitrogens with one attached hydrogen (secondary N) is 2. The lowest BCUT2D eigenvalue weighted by Crippen LogP contribution is -2.43. The van der Waals surface area contributed by atoms with E-state index in [2.05, 4.69) is 39.5 Å². The Kier molecular flexibility index (Phi) is 7.58. The number of pyridine rings is 1. The highest BCUT2D eigenvalue weighted by Gasteiger charge is 2.32. The Balaban J connectivity index is 1.18. The number of anilines is 2. The Morgan fingerprint density at radius 3 is 2.51 bits per heavy atom. The summed E-state index contributed by atoms with van der Waals surface area (Å²) in [4.78, 5) is 23.8. The Hall–Kier alpha value is -2.60. The van der Waals surface area contributed by atoms with Crippen LogP contribution in [0.25, 0.3) is 11.3 Å². The van der Waals surface area contributed by atoms with Gasteiger partial charge in [-0.05, 0) is 43.2 Å². The molecule has 3 aliphatic heterocycles. The van der Waals surface area contributed by atoms with Gasteiger partial charge in [-0.15, -0.1) is 0 Å². The number of alkyl halides is 3. The summed E-state index contributed by atoms with van der Waals surface area (Å²) in [5.41, 5.74) is 3.56. The number of morpholine rings is 1. The number of fused-ring (bicyclic) bond motifs is 2. The van der Waals surface area contributed by atoms with Gasteiger partial charge in [0.1, 0.15) is 0 Å². The number of halogens is 3. The Morgan fingerprint density at radius 2 is 1.74 bits per heavy atom. The van der Waals surface area contributed by atoms with E-state index in [0.29, 0.717) is 39.1 Å². The zero-order valence-corrected chi connectivity index (χ0v) is 22.9. The van der Waals surface area contributed by atoms with Gasteiger partial charge in [0.05, 0.1) is 25.5 Å². The fourth-order valence-corrected chi connectivity index (χ4v) is 7.72. The van der Waals surface area contributed by atoms with Crippen LogP contribution in [-0.4, -0.2) is 68.0 Å². The van der Waals surface area contributed by atoms with Crippen LogP contribution in [0.2, 0.25) is 0 Å². The Morgan fingerprint density at radius 1 is 0.949 bits per heavy atom. The number of piperidine rings is 1. The molecule has 0 amide bonds. The van der Waals surface area contributed by atoms with Crippen molar-refractivity contribution in [1.29, 1.82) is 0 Å². The van der Waals surface area contributed by atoms with Gasteiger partial charge < -0.3 is 19.9 Å². The van der Waals surface area contributed by atoms with E-state index in [1.807, 2.05) is 18.2 Å². The second-order valence-corrected chi connectivity index (χ2v) is 12.2. The number of aromatic nitrogens is 1. The highest BCUT2D eigenvalue weighted by Crippen LogP contribution is 2.52. The van der Waals surface area contributed by atoms with E-state index in [9.17, 15) is 18.0 Å². The van der Waals surface area contributed by atoms with Crippen molar-refractivity contribution in [3.63, 3.8) is 0 Å². The third-order valence-electron chi connectivity index (χ3n) is 7.21. The van der Waals surface area contributed by atoms with Crippen molar-refractivity contribution < 1.29 is 17.9 Å². The lowest BCUT2D eigenvalue weighted by molar-refractivity contribution is -0.147. The molecule has 39 heavy (non-hydrogen) atoms. The summed E-state index contributed by atoms with van der Waals surface area (Å²) in [5, 5.41) is 3.54. The van der Waals surface area contributed by atoms with Gasteiger partial charge in [0.2, 0.25) is 5.56 Å². The van der Waals surface area contributed by atoms with Gasteiger partial charge in [-0.2, -0.15) is 13.2 Å². The summed E-state index contributed by atoms with van der Waals surface area (Å²) in [6.07, 6.45) is -2.78. The van der Waals surface area contributed by atoms with E-state index in [1.54, 1.807) is 29.6 Å². The maximum absolute atomic E-state index is 12.7. The molecule has 0 unspecified atom stereocenters. The first-order valence-electron chi connectivity index (χ1n) is 13.1. The number of hydrogen-bond acceptors (Lipinski definition) is 7. The standard InChI is InChI=1S/C28H29F3N4O2S2/c29-28(30,31)17-34-8-6-18(7-9-34)32-19-4-5-23-25(14-19)38-24-3-1-2-21(27(24)39-23)22-15-20(16-26(36)33-22)35-10-12-37-13-11-35/h1-5,14-16,18,32H,6-13,17H2,(H,33,36). The molecule has 0 radical (unpaired) electrons. The first-order chi connectivity index (χ1) is 18.8. The summed E-state index contributed by atoms with van der Waals surface area (Å²) >= 11 is 3.39. The molecule has 1 aromatic heterocycles. The van der Waals surface area contributed by atoms with E-state index in [-0.39, 0.29) is 11.6 Å². The van der Waals surface area contributed by atoms with E-state index in [1.165, 1.54) is 4.90 Å². The number of likely N-dealkylation sites (tertiary alicyclic amines) is 1. The molecular formula is C28H29F3N4O2S2. The van der Waals surface area contributed by atoms with E-state index < -0.39 is 12.7 Å².